The van der Waals surface area contributed by atoms with Gasteiger partial charge in [-0.25, -0.2) is 0 Å². The molecular formula is C12H16N4O. The third-order valence-corrected chi connectivity index (χ3v) is 2.44. The summed E-state index contributed by atoms with van der Waals surface area (Å²) in [5.74, 6) is -0.401. The first kappa shape index (κ1) is 12.8. The molecular weight excluding hydrogens is 216 g/mol. The minimum absolute atomic E-state index is 0.120. The molecule has 0 aliphatic rings. The maximum absolute atomic E-state index is 11.0. The van der Waals surface area contributed by atoms with Gasteiger partial charge in [0.05, 0.1) is 17.8 Å². The van der Waals surface area contributed by atoms with Crippen LogP contribution in [0, 0.1) is 11.3 Å². The van der Waals surface area contributed by atoms with Crippen LogP contribution in [0.1, 0.15) is 19.4 Å². The Morgan fingerprint density at radius 3 is 2.59 bits per heavy atom. The number of amides is 1. The predicted molar refractivity (Wildman–Crippen MR) is 67.2 cm³/mol. The highest BCUT2D eigenvalue weighted by Crippen LogP contribution is 2.22. The van der Waals surface area contributed by atoms with Gasteiger partial charge in [0.2, 0.25) is 5.91 Å². The van der Waals surface area contributed by atoms with E-state index in [1.807, 2.05) is 24.8 Å². The highest BCUT2D eigenvalue weighted by atomic mass is 16.1. The number of nitrogens with two attached hydrogens (primary N) is 2. The molecule has 1 aromatic carbocycles. The van der Waals surface area contributed by atoms with Gasteiger partial charge in [-0.05, 0) is 32.0 Å². The fourth-order valence-electron chi connectivity index (χ4n) is 1.57. The van der Waals surface area contributed by atoms with Crippen molar-refractivity contribution in [1.82, 2.24) is 0 Å². The van der Waals surface area contributed by atoms with Crippen molar-refractivity contribution in [3.05, 3.63) is 23.8 Å². The number of benzene rings is 1. The van der Waals surface area contributed by atoms with Gasteiger partial charge >= 0.3 is 0 Å². The lowest BCUT2D eigenvalue weighted by Crippen LogP contribution is -2.38. The molecule has 17 heavy (non-hydrogen) atoms. The van der Waals surface area contributed by atoms with Crippen molar-refractivity contribution in [3.8, 4) is 6.07 Å². The van der Waals surface area contributed by atoms with E-state index < -0.39 is 5.91 Å². The third-order valence-electron chi connectivity index (χ3n) is 2.44. The normalized spacial score (nSPS) is 10.0. The van der Waals surface area contributed by atoms with E-state index in [4.69, 9.17) is 16.7 Å². The molecule has 1 rings (SSSR count). The zero-order chi connectivity index (χ0) is 13.0. The molecule has 5 nitrogen and oxygen atoms in total. The summed E-state index contributed by atoms with van der Waals surface area (Å²) in [5.41, 5.74) is 12.6. The van der Waals surface area contributed by atoms with Gasteiger partial charge in [-0.3, -0.25) is 4.79 Å². The quantitative estimate of drug-likeness (QED) is 0.752. The molecule has 0 heterocycles. The summed E-state index contributed by atoms with van der Waals surface area (Å²) in [6.07, 6.45) is 0. The van der Waals surface area contributed by atoms with Crippen LogP contribution in [0.25, 0.3) is 0 Å². The lowest BCUT2D eigenvalue weighted by atomic mass is 10.1. The number of rotatable bonds is 4. The van der Waals surface area contributed by atoms with Crippen molar-refractivity contribution in [2.24, 2.45) is 5.73 Å². The molecule has 0 saturated carbocycles. The van der Waals surface area contributed by atoms with Crippen LogP contribution in [0.4, 0.5) is 11.4 Å². The number of nitrogens with zero attached hydrogens (tertiary/aromatic N) is 2. The van der Waals surface area contributed by atoms with Crippen LogP contribution >= 0.6 is 0 Å². The zero-order valence-corrected chi connectivity index (χ0v) is 9.97. The first-order chi connectivity index (χ1) is 7.95. The van der Waals surface area contributed by atoms with Gasteiger partial charge in [-0.2, -0.15) is 5.26 Å². The monoisotopic (exact) mass is 232 g/mol. The number of carbonyl (C=O) groups excluding carboxylic acids is 1. The summed E-state index contributed by atoms with van der Waals surface area (Å²) in [5, 5.41) is 8.78. The fraction of sp³-hybridized carbons (Fsp3) is 0.333. The second kappa shape index (κ2) is 5.21. The molecule has 0 unspecified atom stereocenters. The van der Waals surface area contributed by atoms with Gasteiger partial charge in [-0.1, -0.05) is 0 Å². The Hall–Kier alpha value is -2.22. The minimum atomic E-state index is -0.401. The smallest absolute Gasteiger partial charge is 0.236 e. The summed E-state index contributed by atoms with van der Waals surface area (Å²) in [7, 11) is 0. The van der Waals surface area contributed by atoms with Gasteiger partial charge < -0.3 is 16.4 Å². The van der Waals surface area contributed by atoms with Crippen molar-refractivity contribution in [2.45, 2.75) is 19.9 Å². The Labute approximate surface area is 101 Å². The second-order valence-corrected chi connectivity index (χ2v) is 4.07. The SMILES string of the molecule is CC(C)N(CC(N)=O)c1ccc(C#N)c(N)c1. The van der Waals surface area contributed by atoms with Crippen molar-refractivity contribution in [1.29, 1.82) is 5.26 Å². The molecule has 90 valence electrons. The Balaban J connectivity index is 3.07. The van der Waals surface area contributed by atoms with Gasteiger partial charge in [0.1, 0.15) is 6.07 Å². The van der Waals surface area contributed by atoms with E-state index in [0.717, 1.165) is 5.69 Å². The van der Waals surface area contributed by atoms with Gasteiger partial charge in [0.15, 0.2) is 0 Å². The molecule has 5 heteroatoms. The molecule has 4 N–H and O–H groups in total. The Morgan fingerprint density at radius 1 is 1.53 bits per heavy atom. The summed E-state index contributed by atoms with van der Waals surface area (Å²) in [4.78, 5) is 12.8. The summed E-state index contributed by atoms with van der Waals surface area (Å²) in [6, 6.07) is 7.20. The van der Waals surface area contributed by atoms with Crippen molar-refractivity contribution in [3.63, 3.8) is 0 Å². The average molecular weight is 232 g/mol. The number of nitriles is 1. The Kier molecular flexibility index (Phi) is 3.94. The standard InChI is InChI=1S/C12H16N4O/c1-8(2)16(7-12(15)17)10-4-3-9(6-13)11(14)5-10/h3-5,8H,7,14H2,1-2H3,(H2,15,17). The lowest BCUT2D eigenvalue weighted by molar-refractivity contribution is -0.116. The van der Waals surface area contributed by atoms with E-state index in [1.54, 1.807) is 18.2 Å². The number of hydrogen-bond acceptors (Lipinski definition) is 4. The predicted octanol–water partition coefficient (Wildman–Crippen LogP) is 0.841. The van der Waals surface area contributed by atoms with E-state index in [1.165, 1.54) is 0 Å². The number of anilines is 2. The number of carbonyl (C=O) groups is 1. The van der Waals surface area contributed by atoms with E-state index in [2.05, 4.69) is 0 Å². The molecule has 0 aliphatic heterocycles. The van der Waals surface area contributed by atoms with Crippen LogP contribution in [0.15, 0.2) is 18.2 Å². The van der Waals surface area contributed by atoms with Crippen LogP contribution in [0.5, 0.6) is 0 Å². The number of primary amides is 1. The van der Waals surface area contributed by atoms with E-state index in [9.17, 15) is 4.79 Å². The number of nitrogen functional groups attached to an aromatic ring is 1. The largest absolute Gasteiger partial charge is 0.398 e. The van der Waals surface area contributed by atoms with Crippen molar-refractivity contribution in [2.75, 3.05) is 17.2 Å². The first-order valence-electron chi connectivity index (χ1n) is 5.30. The summed E-state index contributed by atoms with van der Waals surface area (Å²) < 4.78 is 0. The minimum Gasteiger partial charge on any atom is -0.398 e. The molecule has 0 atom stereocenters. The van der Waals surface area contributed by atoms with E-state index >= 15 is 0 Å². The Bertz CT molecular complexity index is 462. The maximum Gasteiger partial charge on any atom is 0.236 e. The molecule has 1 amide bonds. The van der Waals surface area contributed by atoms with Crippen molar-refractivity contribution >= 4 is 17.3 Å². The van der Waals surface area contributed by atoms with Crippen LogP contribution in [-0.4, -0.2) is 18.5 Å². The van der Waals surface area contributed by atoms with E-state index in [0.29, 0.717) is 11.3 Å². The Morgan fingerprint density at radius 2 is 2.18 bits per heavy atom. The molecule has 0 fully saturated rings. The third kappa shape index (κ3) is 3.11. The molecule has 1 aromatic rings. The van der Waals surface area contributed by atoms with Crippen LogP contribution in [0.3, 0.4) is 0 Å². The average Bonchev–Trinajstić information content (AvgIpc) is 2.25. The van der Waals surface area contributed by atoms with E-state index in [-0.39, 0.29) is 12.6 Å². The molecule has 0 bridgehead atoms. The zero-order valence-electron chi connectivity index (χ0n) is 9.97. The lowest BCUT2D eigenvalue weighted by Gasteiger charge is -2.27. The van der Waals surface area contributed by atoms with Gasteiger partial charge in [-0.15, -0.1) is 0 Å². The summed E-state index contributed by atoms with van der Waals surface area (Å²) in [6.45, 7) is 4.04. The first-order valence-corrected chi connectivity index (χ1v) is 5.30. The van der Waals surface area contributed by atoms with Gasteiger partial charge in [0, 0.05) is 11.7 Å². The van der Waals surface area contributed by atoms with Crippen molar-refractivity contribution < 1.29 is 4.79 Å². The topological polar surface area (TPSA) is 96.1 Å². The van der Waals surface area contributed by atoms with Crippen LogP contribution < -0.4 is 16.4 Å². The van der Waals surface area contributed by atoms with Gasteiger partial charge in [0.25, 0.3) is 0 Å². The maximum atomic E-state index is 11.0. The second-order valence-electron chi connectivity index (χ2n) is 4.07. The summed E-state index contributed by atoms with van der Waals surface area (Å²) >= 11 is 0. The highest BCUT2D eigenvalue weighted by Gasteiger charge is 2.14. The molecule has 0 aliphatic carbocycles. The number of hydrogen-bond donors (Lipinski definition) is 2. The fourth-order valence-corrected chi connectivity index (χ4v) is 1.57. The molecule has 0 aromatic heterocycles. The van der Waals surface area contributed by atoms with Crippen LogP contribution in [0.2, 0.25) is 0 Å². The molecule has 0 radical (unpaired) electrons. The van der Waals surface area contributed by atoms with Crippen LogP contribution in [-0.2, 0) is 4.79 Å². The molecule has 0 saturated heterocycles. The highest BCUT2D eigenvalue weighted by molar-refractivity contribution is 5.80. The molecule has 0 spiro atoms.